The Hall–Kier alpha value is -1.02. The third kappa shape index (κ3) is 2.51. The summed E-state index contributed by atoms with van der Waals surface area (Å²) in [5.74, 6) is 0.703. The normalized spacial score (nSPS) is 11.3. The fourth-order valence-electron chi connectivity index (χ4n) is 1.64. The Morgan fingerprint density at radius 1 is 1.33 bits per heavy atom. The van der Waals surface area contributed by atoms with Gasteiger partial charge in [0.25, 0.3) is 5.24 Å². The zero-order valence-electron chi connectivity index (χ0n) is 9.43. The fourth-order valence-corrected chi connectivity index (χ4v) is 1.80. The molecule has 1 aromatic rings. The van der Waals surface area contributed by atoms with Gasteiger partial charge in [0.05, 0.1) is 7.11 Å². The summed E-state index contributed by atoms with van der Waals surface area (Å²) in [6.07, 6.45) is 0. The number of hydrogen-bond acceptors (Lipinski definition) is 2. The third-order valence-electron chi connectivity index (χ3n) is 2.21. The summed E-state index contributed by atoms with van der Waals surface area (Å²) in [6.45, 7) is 6.07. The largest absolute Gasteiger partial charge is 0.496 e. The Labute approximate surface area is 95.2 Å². The Kier molecular flexibility index (Phi) is 3.40. The molecule has 0 bridgehead atoms. The number of rotatable bonds is 2. The van der Waals surface area contributed by atoms with Gasteiger partial charge >= 0.3 is 0 Å². The molecule has 0 unspecified atom stereocenters. The van der Waals surface area contributed by atoms with Crippen LogP contribution in [0.3, 0.4) is 0 Å². The minimum Gasteiger partial charge on any atom is -0.496 e. The van der Waals surface area contributed by atoms with Gasteiger partial charge in [-0.15, -0.1) is 0 Å². The maximum Gasteiger partial charge on any atom is 0.252 e. The average molecular weight is 227 g/mol. The highest BCUT2D eigenvalue weighted by molar-refractivity contribution is 6.68. The molecule has 0 aliphatic rings. The van der Waals surface area contributed by atoms with Crippen molar-refractivity contribution in [2.75, 3.05) is 7.11 Å². The Balaban J connectivity index is 3.47. The first-order chi connectivity index (χ1) is 6.88. The van der Waals surface area contributed by atoms with Crippen LogP contribution in [0.25, 0.3) is 0 Å². The molecule has 0 atom stereocenters. The molecular formula is C12H15ClO2. The maximum absolute atomic E-state index is 11.3. The van der Waals surface area contributed by atoms with E-state index in [1.54, 1.807) is 19.2 Å². The minimum atomic E-state index is -0.446. The topological polar surface area (TPSA) is 26.3 Å². The second-order valence-electron chi connectivity index (χ2n) is 4.41. The van der Waals surface area contributed by atoms with Gasteiger partial charge in [0, 0.05) is 11.1 Å². The predicted octanol–water partition coefficient (Wildman–Crippen LogP) is 3.37. The van der Waals surface area contributed by atoms with E-state index in [4.69, 9.17) is 16.3 Å². The highest BCUT2D eigenvalue weighted by Crippen LogP contribution is 2.34. The summed E-state index contributed by atoms with van der Waals surface area (Å²) >= 11 is 5.55. The molecule has 0 aromatic heterocycles. The van der Waals surface area contributed by atoms with Crippen molar-refractivity contribution in [3.8, 4) is 5.75 Å². The van der Waals surface area contributed by atoms with Crippen molar-refractivity contribution in [1.82, 2.24) is 0 Å². The van der Waals surface area contributed by atoms with Gasteiger partial charge in [0.15, 0.2) is 0 Å². The van der Waals surface area contributed by atoms with Crippen LogP contribution < -0.4 is 4.74 Å². The molecule has 0 saturated heterocycles. The van der Waals surface area contributed by atoms with Crippen molar-refractivity contribution in [1.29, 1.82) is 0 Å². The molecule has 0 aliphatic heterocycles. The molecule has 1 aromatic carbocycles. The van der Waals surface area contributed by atoms with E-state index in [1.165, 1.54) is 0 Å². The first kappa shape index (κ1) is 12.1. The summed E-state index contributed by atoms with van der Waals surface area (Å²) in [6, 6.07) is 5.33. The average Bonchev–Trinajstić information content (AvgIpc) is 2.15. The van der Waals surface area contributed by atoms with E-state index >= 15 is 0 Å². The lowest BCUT2D eigenvalue weighted by molar-refractivity contribution is 0.107. The maximum atomic E-state index is 11.3. The van der Waals surface area contributed by atoms with Crippen LogP contribution in [0.4, 0.5) is 0 Å². The van der Waals surface area contributed by atoms with Crippen LogP contribution in [-0.2, 0) is 5.41 Å². The molecule has 82 valence electrons. The zero-order chi connectivity index (χ0) is 11.6. The molecule has 0 N–H and O–H groups in total. The van der Waals surface area contributed by atoms with Crippen LogP contribution in [0, 0.1) is 0 Å². The van der Waals surface area contributed by atoms with Gasteiger partial charge in [-0.3, -0.25) is 4.79 Å². The van der Waals surface area contributed by atoms with Gasteiger partial charge in [-0.05, 0) is 29.1 Å². The van der Waals surface area contributed by atoms with E-state index in [9.17, 15) is 4.79 Å². The monoisotopic (exact) mass is 226 g/mol. The number of halogens is 1. The predicted molar refractivity (Wildman–Crippen MR) is 61.9 cm³/mol. The quantitative estimate of drug-likeness (QED) is 0.723. The van der Waals surface area contributed by atoms with Crippen LogP contribution >= 0.6 is 11.6 Å². The van der Waals surface area contributed by atoms with Crippen molar-refractivity contribution in [2.45, 2.75) is 26.2 Å². The SMILES string of the molecule is COc1cccc(C(=O)Cl)c1C(C)(C)C. The molecule has 0 heterocycles. The van der Waals surface area contributed by atoms with Gasteiger partial charge in [-0.2, -0.15) is 0 Å². The lowest BCUT2D eigenvalue weighted by atomic mass is 9.83. The smallest absolute Gasteiger partial charge is 0.252 e. The van der Waals surface area contributed by atoms with Gasteiger partial charge in [0.1, 0.15) is 5.75 Å². The van der Waals surface area contributed by atoms with E-state index in [2.05, 4.69) is 0 Å². The Bertz CT molecular complexity index is 378. The molecule has 2 nitrogen and oxygen atoms in total. The molecule has 0 aliphatic carbocycles. The number of ether oxygens (including phenoxy) is 1. The van der Waals surface area contributed by atoms with Crippen LogP contribution in [0.2, 0.25) is 0 Å². The van der Waals surface area contributed by atoms with E-state index in [-0.39, 0.29) is 5.41 Å². The molecule has 15 heavy (non-hydrogen) atoms. The molecule has 0 amide bonds. The van der Waals surface area contributed by atoms with Gasteiger partial charge < -0.3 is 4.74 Å². The molecule has 1 rings (SSSR count). The first-order valence-corrected chi connectivity index (χ1v) is 5.13. The van der Waals surface area contributed by atoms with Crippen molar-refractivity contribution in [3.63, 3.8) is 0 Å². The molecule has 0 saturated carbocycles. The third-order valence-corrected chi connectivity index (χ3v) is 2.41. The number of carbonyl (C=O) groups excluding carboxylic acids is 1. The zero-order valence-corrected chi connectivity index (χ0v) is 10.2. The van der Waals surface area contributed by atoms with Crippen molar-refractivity contribution >= 4 is 16.8 Å². The van der Waals surface area contributed by atoms with Crippen LogP contribution in [0.15, 0.2) is 18.2 Å². The van der Waals surface area contributed by atoms with Crippen LogP contribution in [0.5, 0.6) is 5.75 Å². The van der Waals surface area contributed by atoms with E-state index in [0.29, 0.717) is 11.3 Å². The number of hydrogen-bond donors (Lipinski definition) is 0. The van der Waals surface area contributed by atoms with Crippen molar-refractivity contribution in [2.24, 2.45) is 0 Å². The van der Waals surface area contributed by atoms with Gasteiger partial charge in [-0.25, -0.2) is 0 Å². The number of carbonyl (C=O) groups is 1. The van der Waals surface area contributed by atoms with E-state index < -0.39 is 5.24 Å². The standard InChI is InChI=1S/C12H15ClO2/c1-12(2,3)10-8(11(13)14)6-5-7-9(10)15-4/h5-7H,1-4H3. The van der Waals surface area contributed by atoms with E-state index in [0.717, 1.165) is 5.56 Å². The number of benzene rings is 1. The van der Waals surface area contributed by atoms with Crippen LogP contribution in [0.1, 0.15) is 36.7 Å². The summed E-state index contributed by atoms with van der Waals surface area (Å²) < 4.78 is 5.25. The lowest BCUT2D eigenvalue weighted by Gasteiger charge is -2.24. The Morgan fingerprint density at radius 3 is 2.33 bits per heavy atom. The van der Waals surface area contributed by atoms with E-state index in [1.807, 2.05) is 26.8 Å². The molecule has 3 heteroatoms. The highest BCUT2D eigenvalue weighted by Gasteiger charge is 2.24. The second kappa shape index (κ2) is 4.23. The summed E-state index contributed by atoms with van der Waals surface area (Å²) in [5, 5.41) is -0.446. The van der Waals surface area contributed by atoms with Crippen molar-refractivity contribution in [3.05, 3.63) is 29.3 Å². The van der Waals surface area contributed by atoms with Gasteiger partial charge in [-0.1, -0.05) is 26.8 Å². The minimum absolute atomic E-state index is 0.174. The lowest BCUT2D eigenvalue weighted by Crippen LogP contribution is -2.17. The molecule has 0 radical (unpaired) electrons. The summed E-state index contributed by atoms with van der Waals surface area (Å²) in [7, 11) is 1.59. The summed E-state index contributed by atoms with van der Waals surface area (Å²) in [5.41, 5.74) is 1.20. The highest BCUT2D eigenvalue weighted by atomic mass is 35.5. The van der Waals surface area contributed by atoms with Gasteiger partial charge in [0.2, 0.25) is 0 Å². The number of methoxy groups -OCH3 is 1. The van der Waals surface area contributed by atoms with Crippen LogP contribution in [-0.4, -0.2) is 12.4 Å². The fraction of sp³-hybridized carbons (Fsp3) is 0.417. The second-order valence-corrected chi connectivity index (χ2v) is 4.75. The molecule has 0 spiro atoms. The van der Waals surface area contributed by atoms with Crippen molar-refractivity contribution < 1.29 is 9.53 Å². The Morgan fingerprint density at radius 2 is 1.93 bits per heavy atom. The molecular weight excluding hydrogens is 212 g/mol. The summed E-state index contributed by atoms with van der Waals surface area (Å²) in [4.78, 5) is 11.3. The first-order valence-electron chi connectivity index (χ1n) is 4.75. The molecule has 0 fully saturated rings.